The van der Waals surface area contributed by atoms with Crippen molar-refractivity contribution in [1.82, 2.24) is 0 Å². The highest BCUT2D eigenvalue weighted by Crippen LogP contribution is 2.34. The molecule has 2 rings (SSSR count). The van der Waals surface area contributed by atoms with Crippen LogP contribution in [0.4, 0.5) is 0 Å². The summed E-state index contributed by atoms with van der Waals surface area (Å²) in [5.41, 5.74) is 1.01. The molecule has 0 radical (unpaired) electrons. The van der Waals surface area contributed by atoms with E-state index in [9.17, 15) is 9.59 Å². The number of esters is 1. The first-order valence-corrected chi connectivity index (χ1v) is 8.64. The smallest absolute Gasteiger partial charge is 0.310 e. The SMILES string of the molecule is CC(=O)SC[C@H]1C[C@H](C(=O)OCc2ccccc2)CS1. The molecule has 0 spiro atoms. The van der Waals surface area contributed by atoms with Gasteiger partial charge in [-0.05, 0) is 12.0 Å². The molecule has 3 nitrogen and oxygen atoms in total. The van der Waals surface area contributed by atoms with Crippen molar-refractivity contribution >= 4 is 34.6 Å². The summed E-state index contributed by atoms with van der Waals surface area (Å²) in [5, 5.41) is 0.527. The number of carbonyl (C=O) groups is 2. The van der Waals surface area contributed by atoms with Crippen molar-refractivity contribution in [2.24, 2.45) is 5.92 Å². The maximum atomic E-state index is 12.0. The second-order valence-corrected chi connectivity index (χ2v) is 7.31. The summed E-state index contributed by atoms with van der Waals surface area (Å²) in [5.74, 6) is 1.46. The molecular weight excluding hydrogens is 292 g/mol. The van der Waals surface area contributed by atoms with Gasteiger partial charge >= 0.3 is 5.97 Å². The fourth-order valence-electron chi connectivity index (χ4n) is 2.04. The molecule has 0 unspecified atom stereocenters. The topological polar surface area (TPSA) is 43.4 Å². The van der Waals surface area contributed by atoms with Crippen molar-refractivity contribution in [3.05, 3.63) is 35.9 Å². The molecule has 20 heavy (non-hydrogen) atoms. The van der Waals surface area contributed by atoms with Crippen LogP contribution in [0.1, 0.15) is 18.9 Å². The zero-order chi connectivity index (χ0) is 14.4. The van der Waals surface area contributed by atoms with Crippen LogP contribution in [0.2, 0.25) is 0 Å². The van der Waals surface area contributed by atoms with E-state index >= 15 is 0 Å². The van der Waals surface area contributed by atoms with E-state index in [0.29, 0.717) is 11.9 Å². The Labute approximate surface area is 127 Å². The second kappa shape index (κ2) is 7.74. The van der Waals surface area contributed by atoms with Crippen LogP contribution in [0, 0.1) is 5.92 Å². The molecule has 1 aromatic rings. The Morgan fingerprint density at radius 3 is 2.80 bits per heavy atom. The van der Waals surface area contributed by atoms with Gasteiger partial charge < -0.3 is 4.74 Å². The number of hydrogen-bond acceptors (Lipinski definition) is 5. The van der Waals surface area contributed by atoms with Crippen LogP contribution in [-0.2, 0) is 20.9 Å². The fourth-order valence-corrected chi connectivity index (χ4v) is 4.33. The van der Waals surface area contributed by atoms with Gasteiger partial charge in [-0.2, -0.15) is 11.8 Å². The summed E-state index contributed by atoms with van der Waals surface area (Å²) >= 11 is 3.11. The van der Waals surface area contributed by atoms with Crippen molar-refractivity contribution < 1.29 is 14.3 Å². The van der Waals surface area contributed by atoms with Crippen LogP contribution in [0.3, 0.4) is 0 Å². The van der Waals surface area contributed by atoms with Crippen LogP contribution in [0.5, 0.6) is 0 Å². The zero-order valence-corrected chi connectivity index (χ0v) is 13.0. The van der Waals surface area contributed by atoms with Gasteiger partial charge in [-0.25, -0.2) is 0 Å². The number of carbonyl (C=O) groups excluding carboxylic acids is 2. The third-order valence-electron chi connectivity index (χ3n) is 3.11. The van der Waals surface area contributed by atoms with Gasteiger partial charge in [-0.15, -0.1) is 0 Å². The summed E-state index contributed by atoms with van der Waals surface area (Å²) in [6.45, 7) is 1.92. The molecule has 0 aliphatic carbocycles. The van der Waals surface area contributed by atoms with Gasteiger partial charge in [0.25, 0.3) is 0 Å². The van der Waals surface area contributed by atoms with E-state index in [1.165, 1.54) is 11.8 Å². The zero-order valence-electron chi connectivity index (χ0n) is 11.4. The summed E-state index contributed by atoms with van der Waals surface area (Å²) in [4.78, 5) is 22.9. The molecule has 0 aromatic heterocycles. The molecule has 0 saturated carbocycles. The average Bonchev–Trinajstić information content (AvgIpc) is 2.92. The Hall–Kier alpha value is -0.940. The van der Waals surface area contributed by atoms with E-state index in [1.807, 2.05) is 30.3 Å². The van der Waals surface area contributed by atoms with E-state index in [-0.39, 0.29) is 17.0 Å². The summed E-state index contributed by atoms with van der Waals surface area (Å²) in [6.07, 6.45) is 0.818. The van der Waals surface area contributed by atoms with Crippen molar-refractivity contribution in [2.45, 2.75) is 25.2 Å². The van der Waals surface area contributed by atoms with E-state index in [1.54, 1.807) is 18.7 Å². The molecule has 1 fully saturated rings. The predicted molar refractivity (Wildman–Crippen MR) is 83.7 cm³/mol. The van der Waals surface area contributed by atoms with Crippen molar-refractivity contribution in [2.75, 3.05) is 11.5 Å². The van der Waals surface area contributed by atoms with Gasteiger partial charge in [-0.3, -0.25) is 9.59 Å². The van der Waals surface area contributed by atoms with Crippen molar-refractivity contribution in [3.63, 3.8) is 0 Å². The molecular formula is C15H18O3S2. The molecule has 2 atom stereocenters. The first-order valence-electron chi connectivity index (χ1n) is 6.60. The molecule has 1 heterocycles. The van der Waals surface area contributed by atoms with Crippen molar-refractivity contribution in [3.8, 4) is 0 Å². The van der Waals surface area contributed by atoms with Gasteiger partial charge in [-0.1, -0.05) is 42.1 Å². The van der Waals surface area contributed by atoms with E-state index < -0.39 is 0 Å². The lowest BCUT2D eigenvalue weighted by Gasteiger charge is -2.10. The molecule has 0 N–H and O–H groups in total. The van der Waals surface area contributed by atoms with E-state index in [4.69, 9.17) is 4.74 Å². The quantitative estimate of drug-likeness (QED) is 0.782. The predicted octanol–water partition coefficient (Wildman–Crippen LogP) is 3.13. The third kappa shape index (κ3) is 4.87. The number of rotatable bonds is 5. The minimum atomic E-state index is -0.114. The molecule has 1 aliphatic heterocycles. The number of thioether (sulfide) groups is 2. The van der Waals surface area contributed by atoms with Crippen LogP contribution < -0.4 is 0 Å². The van der Waals surface area contributed by atoms with Crippen LogP contribution in [0.15, 0.2) is 30.3 Å². The lowest BCUT2D eigenvalue weighted by atomic mass is 10.1. The van der Waals surface area contributed by atoms with Crippen LogP contribution in [-0.4, -0.2) is 27.8 Å². The van der Waals surface area contributed by atoms with Gasteiger partial charge in [0.05, 0.1) is 5.92 Å². The lowest BCUT2D eigenvalue weighted by molar-refractivity contribution is -0.149. The standard InChI is InChI=1S/C15H18O3S2/c1-11(16)19-10-14-7-13(9-20-14)15(17)18-8-12-5-3-2-4-6-12/h2-6,13-14H,7-10H2,1H3/t13-,14+/m0/s1. The van der Waals surface area contributed by atoms with Gasteiger partial charge in [0.15, 0.2) is 5.12 Å². The average molecular weight is 310 g/mol. The van der Waals surface area contributed by atoms with Crippen LogP contribution >= 0.6 is 23.5 Å². The molecule has 1 aliphatic rings. The third-order valence-corrected chi connectivity index (χ3v) is 5.72. The van der Waals surface area contributed by atoms with E-state index in [0.717, 1.165) is 23.5 Å². The molecule has 5 heteroatoms. The summed E-state index contributed by atoms with van der Waals surface area (Å²) < 4.78 is 5.36. The summed E-state index contributed by atoms with van der Waals surface area (Å²) in [6, 6.07) is 9.70. The van der Waals surface area contributed by atoms with Gasteiger partial charge in [0.1, 0.15) is 6.61 Å². The van der Waals surface area contributed by atoms with Gasteiger partial charge in [0, 0.05) is 23.7 Å². The highest BCUT2D eigenvalue weighted by molar-refractivity contribution is 8.14. The van der Waals surface area contributed by atoms with Gasteiger partial charge in [0.2, 0.25) is 0 Å². The Balaban J connectivity index is 1.73. The molecule has 108 valence electrons. The first-order chi connectivity index (χ1) is 9.65. The number of benzene rings is 1. The van der Waals surface area contributed by atoms with Crippen molar-refractivity contribution in [1.29, 1.82) is 0 Å². The maximum Gasteiger partial charge on any atom is 0.310 e. The Morgan fingerprint density at radius 1 is 1.35 bits per heavy atom. The monoisotopic (exact) mass is 310 g/mol. The fraction of sp³-hybridized carbons (Fsp3) is 0.467. The molecule has 0 amide bonds. The largest absolute Gasteiger partial charge is 0.461 e. The minimum absolute atomic E-state index is 0.0266. The Bertz CT molecular complexity index is 461. The molecule has 0 bridgehead atoms. The summed E-state index contributed by atoms with van der Waals surface area (Å²) in [7, 11) is 0. The normalized spacial score (nSPS) is 21.6. The van der Waals surface area contributed by atoms with Crippen LogP contribution in [0.25, 0.3) is 0 Å². The first kappa shape index (κ1) is 15.4. The highest BCUT2D eigenvalue weighted by atomic mass is 32.2. The second-order valence-electron chi connectivity index (χ2n) is 4.78. The Morgan fingerprint density at radius 2 is 2.10 bits per heavy atom. The Kier molecular flexibility index (Phi) is 5.98. The highest BCUT2D eigenvalue weighted by Gasteiger charge is 2.31. The maximum absolute atomic E-state index is 12.0. The van der Waals surface area contributed by atoms with E-state index in [2.05, 4.69) is 0 Å². The number of ether oxygens (including phenoxy) is 1. The lowest BCUT2D eigenvalue weighted by Crippen LogP contribution is -2.18. The minimum Gasteiger partial charge on any atom is -0.461 e. The number of hydrogen-bond donors (Lipinski definition) is 0. The molecule has 1 saturated heterocycles. The molecule has 1 aromatic carbocycles.